The average molecular weight is 491 g/mol. The van der Waals surface area contributed by atoms with E-state index in [0.717, 1.165) is 5.56 Å². The van der Waals surface area contributed by atoms with Gasteiger partial charge in [0.1, 0.15) is 17.2 Å². The van der Waals surface area contributed by atoms with Crippen molar-refractivity contribution in [3.8, 4) is 11.4 Å². The fourth-order valence-electron chi connectivity index (χ4n) is 3.72. The lowest BCUT2D eigenvalue weighted by atomic mass is 10.1. The number of nitrogens with zero attached hydrogens (tertiary/aromatic N) is 2. The summed E-state index contributed by atoms with van der Waals surface area (Å²) in [7, 11) is 0. The van der Waals surface area contributed by atoms with Gasteiger partial charge in [0.2, 0.25) is 11.1 Å². The van der Waals surface area contributed by atoms with Gasteiger partial charge in [0.05, 0.1) is 5.39 Å². The zero-order chi connectivity index (χ0) is 22.2. The van der Waals surface area contributed by atoms with Crippen LogP contribution in [-0.4, -0.2) is 9.55 Å². The molecule has 0 atom stereocenters. The van der Waals surface area contributed by atoms with E-state index in [2.05, 4.69) is 20.9 Å². The molecule has 0 saturated carbocycles. The molecule has 7 heteroatoms. The first-order chi connectivity index (χ1) is 15.5. The van der Waals surface area contributed by atoms with Crippen LogP contribution in [0.2, 0.25) is 0 Å². The predicted molar refractivity (Wildman–Crippen MR) is 125 cm³/mol. The third-order valence-electron chi connectivity index (χ3n) is 5.33. The van der Waals surface area contributed by atoms with Crippen LogP contribution in [-0.2, 0) is 13.0 Å². The van der Waals surface area contributed by atoms with Crippen molar-refractivity contribution in [2.45, 2.75) is 13.0 Å². The van der Waals surface area contributed by atoms with Gasteiger partial charge in [-0.2, -0.15) is 4.98 Å². The molecule has 5 nitrogen and oxygen atoms in total. The standard InChI is InChI=1S/C25H16BrFN2O3/c26-17-8-11-20-19(14-17)22(30)21-24(32-20)28-23(16-6-9-18(27)10-7-16)29(25(21)31)13-12-15-4-2-1-3-5-15/h1-11,14H,12-13H2. The van der Waals surface area contributed by atoms with E-state index < -0.39 is 16.8 Å². The number of benzene rings is 3. The van der Waals surface area contributed by atoms with Crippen molar-refractivity contribution in [1.29, 1.82) is 0 Å². The first kappa shape index (κ1) is 20.3. The summed E-state index contributed by atoms with van der Waals surface area (Å²) in [4.78, 5) is 31.3. The summed E-state index contributed by atoms with van der Waals surface area (Å²) in [6.45, 7) is 0.300. The Morgan fingerprint density at radius 1 is 0.969 bits per heavy atom. The number of aromatic nitrogens is 2. The molecular weight excluding hydrogens is 475 g/mol. The average Bonchev–Trinajstić information content (AvgIpc) is 2.80. The Morgan fingerprint density at radius 3 is 2.47 bits per heavy atom. The van der Waals surface area contributed by atoms with E-state index in [-0.39, 0.29) is 11.1 Å². The van der Waals surface area contributed by atoms with Crippen molar-refractivity contribution in [3.05, 3.63) is 109 Å². The van der Waals surface area contributed by atoms with Gasteiger partial charge in [-0.1, -0.05) is 46.3 Å². The highest BCUT2D eigenvalue weighted by Crippen LogP contribution is 2.23. The van der Waals surface area contributed by atoms with Crippen molar-refractivity contribution < 1.29 is 8.81 Å². The number of halogens is 2. The Morgan fingerprint density at radius 2 is 1.72 bits per heavy atom. The van der Waals surface area contributed by atoms with Crippen LogP contribution in [0, 0.1) is 5.82 Å². The highest BCUT2D eigenvalue weighted by Gasteiger charge is 2.19. The summed E-state index contributed by atoms with van der Waals surface area (Å²) in [5, 5.41) is 0.199. The van der Waals surface area contributed by atoms with E-state index >= 15 is 0 Å². The molecule has 0 fully saturated rings. The molecule has 0 radical (unpaired) electrons. The van der Waals surface area contributed by atoms with E-state index in [4.69, 9.17) is 4.42 Å². The van der Waals surface area contributed by atoms with Crippen LogP contribution in [0.5, 0.6) is 0 Å². The van der Waals surface area contributed by atoms with Crippen molar-refractivity contribution in [2.24, 2.45) is 0 Å². The molecule has 5 rings (SSSR count). The Hall–Kier alpha value is -3.58. The zero-order valence-corrected chi connectivity index (χ0v) is 18.3. The molecule has 2 aromatic heterocycles. The van der Waals surface area contributed by atoms with E-state index in [1.165, 1.54) is 16.7 Å². The molecule has 0 aliphatic carbocycles. The fraction of sp³-hybridized carbons (Fsp3) is 0.0800. The molecule has 32 heavy (non-hydrogen) atoms. The quantitative estimate of drug-likeness (QED) is 0.320. The molecule has 5 aromatic rings. The Bertz CT molecular complexity index is 1580. The van der Waals surface area contributed by atoms with Crippen molar-refractivity contribution in [3.63, 3.8) is 0 Å². The van der Waals surface area contributed by atoms with E-state index in [9.17, 15) is 14.0 Å². The third kappa shape index (κ3) is 3.65. The minimum atomic E-state index is -0.485. The molecule has 0 amide bonds. The number of hydrogen-bond acceptors (Lipinski definition) is 4. The molecule has 0 aliphatic heterocycles. The summed E-state index contributed by atoms with van der Waals surface area (Å²) in [5.41, 5.74) is 0.978. The van der Waals surface area contributed by atoms with Gasteiger partial charge in [0.25, 0.3) is 5.56 Å². The summed E-state index contributed by atoms with van der Waals surface area (Å²) in [6.07, 6.45) is 0.562. The summed E-state index contributed by atoms with van der Waals surface area (Å²) in [6, 6.07) is 20.5. The maximum absolute atomic E-state index is 13.5. The van der Waals surface area contributed by atoms with E-state index in [1.54, 1.807) is 30.3 Å². The predicted octanol–water partition coefficient (Wildman–Crippen LogP) is 5.31. The summed E-state index contributed by atoms with van der Waals surface area (Å²) >= 11 is 3.35. The highest BCUT2D eigenvalue weighted by molar-refractivity contribution is 9.10. The molecule has 0 unspecified atom stereocenters. The SMILES string of the molecule is O=c1c2cc(Br)ccc2oc2nc(-c3ccc(F)cc3)n(CCc3ccccc3)c(=O)c12. The lowest BCUT2D eigenvalue weighted by molar-refractivity contribution is 0.621. The van der Waals surface area contributed by atoms with Gasteiger partial charge in [-0.05, 0) is 54.4 Å². The van der Waals surface area contributed by atoms with Crippen LogP contribution in [0.15, 0.2) is 91.3 Å². The second-order valence-electron chi connectivity index (χ2n) is 7.39. The van der Waals surface area contributed by atoms with Crippen LogP contribution in [0.3, 0.4) is 0 Å². The maximum atomic E-state index is 13.5. The fourth-order valence-corrected chi connectivity index (χ4v) is 4.08. The van der Waals surface area contributed by atoms with Gasteiger partial charge >= 0.3 is 0 Å². The minimum absolute atomic E-state index is 0.0369. The number of fused-ring (bicyclic) bond motifs is 2. The number of hydrogen-bond donors (Lipinski definition) is 0. The van der Waals surface area contributed by atoms with Gasteiger partial charge in [0, 0.05) is 16.6 Å². The largest absolute Gasteiger partial charge is 0.437 e. The van der Waals surface area contributed by atoms with Gasteiger partial charge in [0.15, 0.2) is 5.39 Å². The second kappa shape index (κ2) is 8.16. The Kier molecular flexibility index (Phi) is 5.19. The Balaban J connectivity index is 1.78. The molecule has 0 N–H and O–H groups in total. The molecule has 0 bridgehead atoms. The molecule has 0 saturated heterocycles. The molecule has 3 aromatic carbocycles. The second-order valence-corrected chi connectivity index (χ2v) is 8.30. The van der Waals surface area contributed by atoms with Crippen LogP contribution in [0.4, 0.5) is 4.39 Å². The van der Waals surface area contributed by atoms with Crippen LogP contribution in [0.1, 0.15) is 5.56 Å². The van der Waals surface area contributed by atoms with Crippen LogP contribution in [0.25, 0.3) is 33.5 Å². The minimum Gasteiger partial charge on any atom is -0.437 e. The van der Waals surface area contributed by atoms with E-state index in [1.807, 2.05) is 30.3 Å². The highest BCUT2D eigenvalue weighted by atomic mass is 79.9. The lowest BCUT2D eigenvalue weighted by Gasteiger charge is -2.13. The monoisotopic (exact) mass is 490 g/mol. The van der Waals surface area contributed by atoms with Gasteiger partial charge in [-0.3, -0.25) is 14.2 Å². The van der Waals surface area contributed by atoms with Crippen molar-refractivity contribution in [2.75, 3.05) is 0 Å². The number of aryl methyl sites for hydroxylation is 1. The van der Waals surface area contributed by atoms with E-state index in [0.29, 0.717) is 39.8 Å². The smallest absolute Gasteiger partial charge is 0.269 e. The van der Waals surface area contributed by atoms with Crippen LogP contribution >= 0.6 is 15.9 Å². The topological polar surface area (TPSA) is 65.1 Å². The van der Waals surface area contributed by atoms with Gasteiger partial charge < -0.3 is 4.42 Å². The molecule has 158 valence electrons. The third-order valence-corrected chi connectivity index (χ3v) is 5.82. The maximum Gasteiger partial charge on any atom is 0.269 e. The normalized spacial score (nSPS) is 11.3. The molecular formula is C25H16BrFN2O3. The molecule has 0 aliphatic rings. The zero-order valence-electron chi connectivity index (χ0n) is 16.7. The Labute approximate surface area is 189 Å². The first-order valence-electron chi connectivity index (χ1n) is 9.98. The molecule has 2 heterocycles. The van der Waals surface area contributed by atoms with Crippen molar-refractivity contribution in [1.82, 2.24) is 9.55 Å². The summed E-state index contributed by atoms with van der Waals surface area (Å²) in [5.74, 6) is -0.0751. The number of rotatable bonds is 4. The summed E-state index contributed by atoms with van der Waals surface area (Å²) < 4.78 is 21.5. The van der Waals surface area contributed by atoms with Gasteiger partial charge in [-0.15, -0.1) is 0 Å². The lowest BCUT2D eigenvalue weighted by Crippen LogP contribution is -2.28. The first-order valence-corrected chi connectivity index (χ1v) is 10.8. The van der Waals surface area contributed by atoms with Crippen molar-refractivity contribution >= 4 is 38.0 Å². The molecule has 0 spiro atoms. The van der Waals surface area contributed by atoms with Gasteiger partial charge in [-0.25, -0.2) is 4.39 Å². The van der Waals surface area contributed by atoms with Crippen LogP contribution < -0.4 is 11.0 Å².